The zero-order valence-electron chi connectivity index (χ0n) is 59.8. The van der Waals surface area contributed by atoms with Crippen LogP contribution in [0.1, 0.15) is 431 Å². The Labute approximate surface area is 545 Å². The molecule has 0 fully saturated rings. The van der Waals surface area contributed by atoms with E-state index >= 15 is 0 Å². The lowest BCUT2D eigenvalue weighted by Gasteiger charge is -2.25. The Balaban J connectivity index is 3.94. The molecule has 0 aromatic rings. The van der Waals surface area contributed by atoms with E-state index in [1.54, 1.807) is 6.08 Å². The van der Waals surface area contributed by atoms with Crippen molar-refractivity contribution in [1.82, 2.24) is 5.32 Å². The number of carbonyl (C=O) groups excluding carboxylic acids is 1. The molecule has 0 rings (SSSR count). The van der Waals surface area contributed by atoms with E-state index in [2.05, 4.69) is 19.2 Å². The van der Waals surface area contributed by atoms with E-state index in [1.807, 2.05) is 27.2 Å². The molecule has 520 valence electrons. The van der Waals surface area contributed by atoms with Crippen LogP contribution in [-0.4, -0.2) is 73.4 Å². The molecular formula is C78H158N2O6P+. The topological polar surface area (TPSA) is 105 Å². The van der Waals surface area contributed by atoms with Crippen LogP contribution in [-0.2, 0) is 18.4 Å². The van der Waals surface area contributed by atoms with E-state index in [0.29, 0.717) is 17.4 Å². The Bertz CT molecular complexity index is 1420. The van der Waals surface area contributed by atoms with Gasteiger partial charge in [-0.2, -0.15) is 0 Å². The fourth-order valence-electron chi connectivity index (χ4n) is 12.6. The average molecular weight is 1250 g/mol. The largest absolute Gasteiger partial charge is 0.472 e. The van der Waals surface area contributed by atoms with Crippen LogP contribution in [0, 0.1) is 0 Å². The van der Waals surface area contributed by atoms with Crippen LogP contribution in [0.2, 0.25) is 0 Å². The summed E-state index contributed by atoms with van der Waals surface area (Å²) in [7, 11) is 1.60. The molecule has 3 atom stereocenters. The normalized spacial score (nSPS) is 13.5. The number of aliphatic hydroxyl groups is 1. The highest BCUT2D eigenvalue weighted by molar-refractivity contribution is 7.47. The third-order valence-corrected chi connectivity index (χ3v) is 19.7. The minimum atomic E-state index is -4.35. The summed E-state index contributed by atoms with van der Waals surface area (Å²) in [6, 6.07) is -0.845. The molecule has 0 aromatic heterocycles. The van der Waals surface area contributed by atoms with Crippen LogP contribution in [0.25, 0.3) is 0 Å². The zero-order valence-corrected chi connectivity index (χ0v) is 60.7. The number of phosphoric ester groups is 1. The predicted octanol–water partition coefficient (Wildman–Crippen LogP) is 25.6. The standard InChI is InChI=1S/C78H157N2O6P/c1-6-8-10-12-14-16-18-20-22-24-26-28-30-32-34-36-38-40-42-44-46-48-50-52-54-56-58-60-62-64-66-68-70-72-78(82)79-76(75-86-87(83,84)85-74-73-80(3,4)5)77(81)71-69-67-65-63-61-59-57-55-53-51-49-47-45-43-41-39-37-35-33-31-29-27-25-23-21-19-17-15-13-11-9-7-2/h69,71,76-77,81H,6-68,70,72-75H2,1-5H3,(H-,79,82,83,84)/p+1/b71-69+. The summed E-state index contributed by atoms with van der Waals surface area (Å²) in [5, 5.41) is 14.1. The lowest BCUT2D eigenvalue weighted by Crippen LogP contribution is -2.45. The van der Waals surface area contributed by atoms with Crippen LogP contribution >= 0.6 is 7.82 Å². The van der Waals surface area contributed by atoms with Crippen molar-refractivity contribution in [1.29, 1.82) is 0 Å². The van der Waals surface area contributed by atoms with Crippen molar-refractivity contribution in [2.75, 3.05) is 40.9 Å². The number of carbonyl (C=O) groups is 1. The monoisotopic (exact) mass is 1250 g/mol. The molecule has 3 unspecified atom stereocenters. The van der Waals surface area contributed by atoms with Crippen molar-refractivity contribution in [2.24, 2.45) is 0 Å². The Kier molecular flexibility index (Phi) is 69.0. The molecule has 0 aliphatic heterocycles. The van der Waals surface area contributed by atoms with Crippen molar-refractivity contribution < 1.29 is 32.9 Å². The van der Waals surface area contributed by atoms with Gasteiger partial charge in [-0.3, -0.25) is 13.8 Å². The number of hydrogen-bond donors (Lipinski definition) is 3. The molecule has 0 aromatic carbocycles. The predicted molar refractivity (Wildman–Crippen MR) is 383 cm³/mol. The minimum absolute atomic E-state index is 0.0657. The molecule has 0 saturated heterocycles. The van der Waals surface area contributed by atoms with Crippen molar-refractivity contribution >= 4 is 13.7 Å². The van der Waals surface area contributed by atoms with Crippen LogP contribution < -0.4 is 5.32 Å². The van der Waals surface area contributed by atoms with Crippen LogP contribution in [0.4, 0.5) is 0 Å². The molecule has 0 bridgehead atoms. The summed E-state index contributed by atoms with van der Waals surface area (Å²) in [6.45, 7) is 4.90. The van der Waals surface area contributed by atoms with E-state index in [9.17, 15) is 19.4 Å². The first-order valence-corrected chi connectivity index (χ1v) is 41.1. The van der Waals surface area contributed by atoms with Gasteiger partial charge in [0.25, 0.3) is 0 Å². The van der Waals surface area contributed by atoms with Gasteiger partial charge in [0.15, 0.2) is 0 Å². The molecular weight excluding hydrogens is 1090 g/mol. The van der Waals surface area contributed by atoms with Crippen LogP contribution in [0.3, 0.4) is 0 Å². The third kappa shape index (κ3) is 72.5. The number of nitrogens with one attached hydrogen (secondary N) is 1. The molecule has 1 amide bonds. The summed E-state index contributed by atoms with van der Waals surface area (Å²) in [6.07, 6.45) is 91.2. The lowest BCUT2D eigenvalue weighted by atomic mass is 10.0. The first-order valence-electron chi connectivity index (χ1n) is 39.6. The van der Waals surface area contributed by atoms with Crippen molar-refractivity contribution in [3.8, 4) is 0 Å². The van der Waals surface area contributed by atoms with Gasteiger partial charge in [0, 0.05) is 6.42 Å². The molecule has 0 spiro atoms. The summed E-state index contributed by atoms with van der Waals surface area (Å²) in [5.41, 5.74) is 0. The minimum Gasteiger partial charge on any atom is -0.387 e. The molecule has 87 heavy (non-hydrogen) atoms. The molecule has 0 saturated carbocycles. The summed E-state index contributed by atoms with van der Waals surface area (Å²) in [5.74, 6) is -0.165. The average Bonchev–Trinajstić information content (AvgIpc) is 3.70. The van der Waals surface area contributed by atoms with Gasteiger partial charge in [-0.25, -0.2) is 4.57 Å². The summed E-state index contributed by atoms with van der Waals surface area (Å²) < 4.78 is 23.9. The van der Waals surface area contributed by atoms with Gasteiger partial charge in [0.05, 0.1) is 39.9 Å². The van der Waals surface area contributed by atoms with E-state index < -0.39 is 20.0 Å². The van der Waals surface area contributed by atoms with Crippen molar-refractivity contribution in [3.05, 3.63) is 12.2 Å². The number of aliphatic hydroxyl groups excluding tert-OH is 1. The van der Waals surface area contributed by atoms with Crippen molar-refractivity contribution in [2.45, 2.75) is 443 Å². The number of nitrogens with zero attached hydrogens (tertiary/aromatic N) is 1. The molecule has 0 aliphatic carbocycles. The second-order valence-corrected chi connectivity index (χ2v) is 30.3. The van der Waals surface area contributed by atoms with E-state index in [4.69, 9.17) is 9.05 Å². The molecule has 0 aliphatic rings. The van der Waals surface area contributed by atoms with Gasteiger partial charge < -0.3 is 19.8 Å². The van der Waals surface area contributed by atoms with E-state index in [1.165, 1.54) is 379 Å². The Morgan fingerprint density at radius 3 is 0.851 bits per heavy atom. The number of allylic oxidation sites excluding steroid dienone is 1. The fraction of sp³-hybridized carbons (Fsp3) is 0.962. The molecule has 3 N–H and O–H groups in total. The molecule has 9 heteroatoms. The summed E-state index contributed by atoms with van der Waals surface area (Å²) >= 11 is 0. The number of likely N-dealkylation sites (N-methyl/N-ethyl adjacent to an activating group) is 1. The maximum atomic E-state index is 13.1. The number of unbranched alkanes of at least 4 members (excludes halogenated alkanes) is 62. The number of phosphoric acid groups is 1. The van der Waals surface area contributed by atoms with Crippen molar-refractivity contribution in [3.63, 3.8) is 0 Å². The molecule has 0 radical (unpaired) electrons. The van der Waals surface area contributed by atoms with Gasteiger partial charge in [-0.05, 0) is 19.3 Å². The SMILES string of the molecule is CCCCCCCCCCCCCCCCCCCCCCCCCCCCCCCC/C=C/C(O)C(COP(=O)(O)OCC[N+](C)(C)C)NC(=O)CCCCCCCCCCCCCCCCCCCCCCCCCCCCCCCCCCC. The van der Waals surface area contributed by atoms with Gasteiger partial charge >= 0.3 is 7.82 Å². The highest BCUT2D eigenvalue weighted by atomic mass is 31.2. The van der Waals surface area contributed by atoms with Gasteiger partial charge in [0.1, 0.15) is 13.2 Å². The second kappa shape index (κ2) is 69.6. The maximum absolute atomic E-state index is 13.1. The number of rotatable bonds is 75. The second-order valence-electron chi connectivity index (χ2n) is 28.8. The van der Waals surface area contributed by atoms with Gasteiger partial charge in [-0.1, -0.05) is 418 Å². The Morgan fingerprint density at radius 2 is 0.609 bits per heavy atom. The number of quaternary nitrogens is 1. The van der Waals surface area contributed by atoms with Gasteiger partial charge in [-0.15, -0.1) is 0 Å². The Morgan fingerprint density at radius 1 is 0.379 bits per heavy atom. The van der Waals surface area contributed by atoms with Crippen LogP contribution in [0.15, 0.2) is 12.2 Å². The first kappa shape index (κ1) is 86.2. The third-order valence-electron chi connectivity index (χ3n) is 18.8. The first-order chi connectivity index (χ1) is 42.5. The Hall–Kier alpha value is -0.760. The number of amides is 1. The molecule has 0 heterocycles. The van der Waals surface area contributed by atoms with E-state index in [0.717, 1.165) is 32.1 Å². The fourth-order valence-corrected chi connectivity index (χ4v) is 13.4. The highest BCUT2D eigenvalue weighted by Crippen LogP contribution is 2.43. The highest BCUT2D eigenvalue weighted by Gasteiger charge is 2.28. The van der Waals surface area contributed by atoms with Gasteiger partial charge in [0.2, 0.25) is 5.91 Å². The van der Waals surface area contributed by atoms with Crippen LogP contribution in [0.5, 0.6) is 0 Å². The van der Waals surface area contributed by atoms with E-state index in [-0.39, 0.29) is 19.1 Å². The summed E-state index contributed by atoms with van der Waals surface area (Å²) in [4.78, 5) is 23.5. The molecule has 8 nitrogen and oxygen atoms in total. The lowest BCUT2D eigenvalue weighted by molar-refractivity contribution is -0.870. The zero-order chi connectivity index (χ0) is 63.4. The quantitative estimate of drug-likeness (QED) is 0.0243. The maximum Gasteiger partial charge on any atom is 0.472 e. The number of hydrogen-bond acceptors (Lipinski definition) is 5. The smallest absolute Gasteiger partial charge is 0.387 e.